The Balaban J connectivity index is 1.39. The summed E-state index contributed by atoms with van der Waals surface area (Å²) in [7, 11) is 0. The average Bonchev–Trinajstić information content (AvgIpc) is 3.33. The molecule has 0 amide bonds. The van der Waals surface area contributed by atoms with Crippen molar-refractivity contribution in [2.45, 2.75) is 6.92 Å². The molecule has 0 bridgehead atoms. The minimum Gasteiger partial charge on any atom is -0.494 e. The summed E-state index contributed by atoms with van der Waals surface area (Å²) >= 11 is 5.88. The van der Waals surface area contributed by atoms with Gasteiger partial charge in [-0.3, -0.25) is 4.79 Å². The zero-order valence-electron chi connectivity index (χ0n) is 20.5. The Hall–Kier alpha value is -4.61. The summed E-state index contributed by atoms with van der Waals surface area (Å²) < 4.78 is 17.5. The molecule has 1 aromatic heterocycles. The van der Waals surface area contributed by atoms with E-state index >= 15 is 0 Å². The molecule has 188 valence electrons. The van der Waals surface area contributed by atoms with Crippen molar-refractivity contribution in [3.8, 4) is 22.8 Å². The van der Waals surface area contributed by atoms with Gasteiger partial charge in [0.1, 0.15) is 28.4 Å². The number of ketones is 1. The number of esters is 1. The van der Waals surface area contributed by atoms with Gasteiger partial charge in [0.15, 0.2) is 5.78 Å². The summed E-state index contributed by atoms with van der Waals surface area (Å²) in [6.45, 7) is 2.40. The summed E-state index contributed by atoms with van der Waals surface area (Å²) in [5.41, 5.74) is 2.98. The number of ether oxygens (including phenoxy) is 2. The third kappa shape index (κ3) is 5.53. The first-order valence-electron chi connectivity index (χ1n) is 12.1. The van der Waals surface area contributed by atoms with E-state index in [1.807, 2.05) is 43.3 Å². The average molecular weight is 523 g/mol. The highest BCUT2D eigenvalue weighted by Gasteiger charge is 2.24. The largest absolute Gasteiger partial charge is 0.494 e. The first kappa shape index (κ1) is 25.1. The minimum atomic E-state index is -0.544. The van der Waals surface area contributed by atoms with Crippen molar-refractivity contribution >= 4 is 40.4 Å². The van der Waals surface area contributed by atoms with Gasteiger partial charge in [-0.1, -0.05) is 60.1 Å². The van der Waals surface area contributed by atoms with Gasteiger partial charge in [-0.2, -0.15) is 0 Å². The van der Waals surface area contributed by atoms with Crippen molar-refractivity contribution in [2.24, 2.45) is 0 Å². The monoisotopic (exact) mass is 522 g/mol. The highest BCUT2D eigenvalue weighted by Crippen LogP contribution is 2.36. The molecule has 5 nitrogen and oxygen atoms in total. The second kappa shape index (κ2) is 11.2. The molecule has 0 radical (unpaired) electrons. The first-order chi connectivity index (χ1) is 18.5. The van der Waals surface area contributed by atoms with E-state index in [0.29, 0.717) is 51.0 Å². The Bertz CT molecular complexity index is 1620. The van der Waals surface area contributed by atoms with Gasteiger partial charge in [-0.05, 0) is 73.2 Å². The van der Waals surface area contributed by atoms with Crippen LogP contribution in [0.15, 0.2) is 108 Å². The molecular formula is C32H23ClO5. The molecule has 0 aliphatic carbocycles. The summed E-state index contributed by atoms with van der Waals surface area (Å²) in [6.07, 6.45) is 3.19. The van der Waals surface area contributed by atoms with Crippen molar-refractivity contribution < 1.29 is 23.5 Å². The molecule has 0 unspecified atom stereocenters. The first-order valence-corrected chi connectivity index (χ1v) is 12.4. The SMILES string of the molecule is CCOc1ccc2oc(-c3ccccc3)c(C(=O)Oc3ccc(C=CC(=O)c4ccc(Cl)cc4)cc3)c2c1. The number of carbonyl (C=O) groups excluding carboxylic acids is 2. The van der Waals surface area contributed by atoms with Crippen LogP contribution in [0.3, 0.4) is 0 Å². The number of fused-ring (bicyclic) bond motifs is 1. The van der Waals surface area contributed by atoms with Gasteiger partial charge in [0.25, 0.3) is 0 Å². The zero-order chi connectivity index (χ0) is 26.5. The number of allylic oxidation sites excluding steroid dienone is 1. The highest BCUT2D eigenvalue weighted by molar-refractivity contribution is 6.30. The lowest BCUT2D eigenvalue weighted by atomic mass is 10.1. The summed E-state index contributed by atoms with van der Waals surface area (Å²) in [5, 5.41) is 1.18. The van der Waals surface area contributed by atoms with Crippen molar-refractivity contribution in [1.82, 2.24) is 0 Å². The lowest BCUT2D eigenvalue weighted by Crippen LogP contribution is -2.09. The number of hydrogen-bond donors (Lipinski definition) is 0. The number of halogens is 1. The van der Waals surface area contributed by atoms with E-state index in [1.165, 1.54) is 6.08 Å². The van der Waals surface area contributed by atoms with E-state index in [9.17, 15) is 9.59 Å². The van der Waals surface area contributed by atoms with Gasteiger partial charge < -0.3 is 13.9 Å². The van der Waals surface area contributed by atoms with Crippen LogP contribution >= 0.6 is 11.6 Å². The van der Waals surface area contributed by atoms with Gasteiger partial charge in [0.2, 0.25) is 0 Å². The van der Waals surface area contributed by atoms with Crippen LogP contribution in [0.5, 0.6) is 11.5 Å². The van der Waals surface area contributed by atoms with Crippen LogP contribution < -0.4 is 9.47 Å². The van der Waals surface area contributed by atoms with Crippen LogP contribution in [0.1, 0.15) is 33.2 Å². The predicted molar refractivity (Wildman–Crippen MR) is 149 cm³/mol. The van der Waals surface area contributed by atoms with Crippen molar-refractivity contribution in [1.29, 1.82) is 0 Å². The fourth-order valence-electron chi connectivity index (χ4n) is 4.02. The van der Waals surface area contributed by atoms with Crippen molar-refractivity contribution in [2.75, 3.05) is 6.61 Å². The smallest absolute Gasteiger partial charge is 0.348 e. The van der Waals surface area contributed by atoms with E-state index < -0.39 is 5.97 Å². The Morgan fingerprint density at radius 2 is 1.58 bits per heavy atom. The van der Waals surface area contributed by atoms with Gasteiger partial charge in [0, 0.05) is 21.5 Å². The molecule has 38 heavy (non-hydrogen) atoms. The molecule has 0 aliphatic rings. The minimum absolute atomic E-state index is 0.135. The molecule has 0 atom stereocenters. The topological polar surface area (TPSA) is 65.7 Å². The molecule has 0 saturated heterocycles. The third-order valence-electron chi connectivity index (χ3n) is 5.86. The van der Waals surface area contributed by atoms with Gasteiger partial charge in [0.05, 0.1) is 6.61 Å². The van der Waals surface area contributed by atoms with Crippen LogP contribution in [0.2, 0.25) is 5.02 Å². The second-order valence-electron chi connectivity index (χ2n) is 8.43. The molecule has 0 saturated carbocycles. The third-order valence-corrected chi connectivity index (χ3v) is 6.11. The van der Waals surface area contributed by atoms with Crippen LogP contribution in [0.25, 0.3) is 28.4 Å². The molecule has 0 N–H and O–H groups in total. The normalized spacial score (nSPS) is 11.1. The van der Waals surface area contributed by atoms with Gasteiger partial charge in [-0.25, -0.2) is 4.79 Å². The van der Waals surface area contributed by atoms with Crippen LogP contribution in [0.4, 0.5) is 0 Å². The van der Waals surface area contributed by atoms with Crippen LogP contribution in [0, 0.1) is 0 Å². The molecule has 0 fully saturated rings. The Labute approximate surface area is 224 Å². The predicted octanol–water partition coefficient (Wildman–Crippen LogP) is 8.27. The van der Waals surface area contributed by atoms with E-state index in [0.717, 1.165) is 11.1 Å². The fraction of sp³-hybridized carbons (Fsp3) is 0.0625. The maximum Gasteiger partial charge on any atom is 0.348 e. The highest BCUT2D eigenvalue weighted by atomic mass is 35.5. The van der Waals surface area contributed by atoms with Crippen molar-refractivity contribution in [3.63, 3.8) is 0 Å². The molecule has 0 spiro atoms. The number of hydrogen-bond acceptors (Lipinski definition) is 5. The van der Waals surface area contributed by atoms with Gasteiger partial charge >= 0.3 is 5.97 Å². The van der Waals surface area contributed by atoms with Gasteiger partial charge in [-0.15, -0.1) is 0 Å². The zero-order valence-corrected chi connectivity index (χ0v) is 21.3. The lowest BCUT2D eigenvalue weighted by Gasteiger charge is -2.07. The Kier molecular flexibility index (Phi) is 7.38. The summed E-state index contributed by atoms with van der Waals surface area (Å²) in [4.78, 5) is 25.8. The molecular weight excluding hydrogens is 500 g/mol. The Morgan fingerprint density at radius 3 is 2.29 bits per heavy atom. The molecule has 5 aromatic rings. The maximum absolute atomic E-state index is 13.4. The number of benzene rings is 4. The fourth-order valence-corrected chi connectivity index (χ4v) is 4.14. The van der Waals surface area contributed by atoms with E-state index in [4.69, 9.17) is 25.5 Å². The van der Waals surface area contributed by atoms with E-state index in [1.54, 1.807) is 66.7 Å². The van der Waals surface area contributed by atoms with Crippen molar-refractivity contribution in [3.05, 3.63) is 125 Å². The van der Waals surface area contributed by atoms with Crippen LogP contribution in [-0.2, 0) is 0 Å². The molecule has 0 aliphatic heterocycles. The quantitative estimate of drug-likeness (QED) is 0.0887. The molecule has 5 rings (SSSR count). The molecule has 4 aromatic carbocycles. The summed E-state index contributed by atoms with van der Waals surface area (Å²) in [6, 6.07) is 28.4. The molecule has 6 heteroatoms. The van der Waals surface area contributed by atoms with E-state index in [2.05, 4.69) is 0 Å². The number of rotatable bonds is 8. The van der Waals surface area contributed by atoms with Crippen LogP contribution in [-0.4, -0.2) is 18.4 Å². The number of carbonyl (C=O) groups is 2. The standard InChI is InChI=1S/C32H23ClO5/c1-2-36-26-17-19-29-27(20-26)30(31(38-29)23-6-4-3-5-7-23)32(35)37-25-15-8-21(9-16-25)10-18-28(34)22-11-13-24(33)14-12-22/h3-20H,2H2,1H3. The summed E-state index contributed by atoms with van der Waals surface area (Å²) in [5.74, 6) is 0.755. The molecule has 1 heterocycles. The maximum atomic E-state index is 13.4. The number of furan rings is 1. The lowest BCUT2D eigenvalue weighted by molar-refractivity contribution is 0.0736. The second-order valence-corrected chi connectivity index (χ2v) is 8.86. The Morgan fingerprint density at radius 1 is 0.868 bits per heavy atom. The van der Waals surface area contributed by atoms with E-state index in [-0.39, 0.29) is 5.78 Å².